The quantitative estimate of drug-likeness (QED) is 0.854. The molecule has 2 heterocycles. The van der Waals surface area contributed by atoms with Crippen LogP contribution in [-0.4, -0.2) is 47.8 Å². The Labute approximate surface area is 136 Å². The first-order chi connectivity index (χ1) is 11.2. The number of alkyl halides is 3. The number of hydrogen-bond donors (Lipinski definition) is 2. The Hall–Kier alpha value is -2.32. The lowest BCUT2D eigenvalue weighted by Crippen LogP contribution is -2.42. The largest absolute Gasteiger partial charge is 0.477 e. The van der Waals surface area contributed by atoms with E-state index in [0.29, 0.717) is 18.9 Å². The van der Waals surface area contributed by atoms with Gasteiger partial charge >= 0.3 is 12.1 Å². The maximum absolute atomic E-state index is 12.1. The Morgan fingerprint density at radius 3 is 2.79 bits per heavy atom. The van der Waals surface area contributed by atoms with Crippen molar-refractivity contribution < 1.29 is 27.9 Å². The number of rotatable bonds is 5. The van der Waals surface area contributed by atoms with Crippen molar-refractivity contribution in [3.05, 3.63) is 23.9 Å². The molecule has 24 heavy (non-hydrogen) atoms. The Bertz CT molecular complexity index is 607. The summed E-state index contributed by atoms with van der Waals surface area (Å²) >= 11 is 0. The predicted octanol–water partition coefficient (Wildman–Crippen LogP) is 2.06. The Kier molecular flexibility index (Phi) is 5.63. The number of carbonyl (C=O) groups excluding carboxylic acids is 1. The minimum Gasteiger partial charge on any atom is -0.477 e. The van der Waals surface area contributed by atoms with Gasteiger partial charge in [-0.3, -0.25) is 4.79 Å². The fraction of sp³-hybridized carbons (Fsp3) is 0.533. The zero-order valence-electron chi connectivity index (χ0n) is 12.8. The van der Waals surface area contributed by atoms with E-state index in [9.17, 15) is 22.8 Å². The molecule has 1 saturated heterocycles. The number of nitrogens with one attached hydrogen (secondary N) is 1. The number of nitrogens with zero attached hydrogens (tertiary/aromatic N) is 2. The third-order valence-corrected chi connectivity index (χ3v) is 3.75. The fourth-order valence-electron chi connectivity index (χ4n) is 2.66. The molecule has 132 valence electrons. The van der Waals surface area contributed by atoms with Gasteiger partial charge in [-0.15, -0.1) is 0 Å². The van der Waals surface area contributed by atoms with E-state index in [1.165, 1.54) is 6.07 Å². The van der Waals surface area contributed by atoms with Crippen molar-refractivity contribution in [2.45, 2.75) is 25.4 Å². The molecule has 1 aromatic heterocycles. The lowest BCUT2D eigenvalue weighted by atomic mass is 9.98. The molecule has 0 spiro atoms. The second-order valence-electron chi connectivity index (χ2n) is 5.74. The molecule has 2 rings (SSSR count). The third kappa shape index (κ3) is 5.39. The summed E-state index contributed by atoms with van der Waals surface area (Å²) in [4.78, 5) is 28.2. The van der Waals surface area contributed by atoms with Crippen molar-refractivity contribution >= 4 is 17.7 Å². The lowest BCUT2D eigenvalue weighted by Gasteiger charge is -2.33. The van der Waals surface area contributed by atoms with Crippen molar-refractivity contribution in [2.75, 3.05) is 24.5 Å². The van der Waals surface area contributed by atoms with E-state index in [4.69, 9.17) is 5.11 Å². The van der Waals surface area contributed by atoms with E-state index in [1.54, 1.807) is 12.1 Å². The molecule has 0 bridgehead atoms. The minimum atomic E-state index is -4.51. The van der Waals surface area contributed by atoms with Crippen LogP contribution in [0, 0.1) is 5.92 Å². The van der Waals surface area contributed by atoms with Crippen molar-refractivity contribution in [1.29, 1.82) is 0 Å². The van der Waals surface area contributed by atoms with Gasteiger partial charge in [-0.2, -0.15) is 13.2 Å². The number of pyridine rings is 1. The van der Waals surface area contributed by atoms with Crippen LogP contribution in [0.15, 0.2) is 18.2 Å². The summed E-state index contributed by atoms with van der Waals surface area (Å²) in [7, 11) is 0. The average molecular weight is 345 g/mol. The molecule has 1 atom stereocenters. The molecule has 1 aliphatic heterocycles. The molecule has 1 unspecified atom stereocenters. The van der Waals surface area contributed by atoms with Gasteiger partial charge in [0.25, 0.3) is 0 Å². The second kappa shape index (κ2) is 7.50. The third-order valence-electron chi connectivity index (χ3n) is 3.75. The molecule has 6 nitrogen and oxygen atoms in total. The van der Waals surface area contributed by atoms with Gasteiger partial charge in [0, 0.05) is 19.6 Å². The number of amides is 1. The van der Waals surface area contributed by atoms with Crippen LogP contribution < -0.4 is 10.2 Å². The first kappa shape index (κ1) is 18.0. The molecule has 1 aliphatic rings. The van der Waals surface area contributed by atoms with Crippen LogP contribution in [0.4, 0.5) is 19.0 Å². The molecule has 9 heteroatoms. The van der Waals surface area contributed by atoms with Crippen molar-refractivity contribution in [2.24, 2.45) is 5.92 Å². The lowest BCUT2D eigenvalue weighted by molar-refractivity contribution is -0.153. The van der Waals surface area contributed by atoms with Gasteiger partial charge in [0.15, 0.2) is 5.69 Å². The van der Waals surface area contributed by atoms with Crippen LogP contribution >= 0.6 is 0 Å². The molecule has 1 aromatic rings. The van der Waals surface area contributed by atoms with Gasteiger partial charge in [-0.1, -0.05) is 6.07 Å². The van der Waals surface area contributed by atoms with E-state index in [-0.39, 0.29) is 18.2 Å². The van der Waals surface area contributed by atoms with Crippen LogP contribution in [0.25, 0.3) is 0 Å². The van der Waals surface area contributed by atoms with Gasteiger partial charge in [0.2, 0.25) is 5.91 Å². The average Bonchev–Trinajstić information content (AvgIpc) is 2.52. The van der Waals surface area contributed by atoms with Gasteiger partial charge in [0.1, 0.15) is 12.2 Å². The molecule has 0 aliphatic carbocycles. The molecule has 0 saturated carbocycles. The van der Waals surface area contributed by atoms with Gasteiger partial charge in [0.05, 0.1) is 0 Å². The van der Waals surface area contributed by atoms with Crippen LogP contribution in [-0.2, 0) is 4.79 Å². The van der Waals surface area contributed by atoms with Crippen LogP contribution in [0.2, 0.25) is 0 Å². The normalized spacial score (nSPS) is 18.3. The molecule has 0 aromatic carbocycles. The van der Waals surface area contributed by atoms with E-state index in [0.717, 1.165) is 12.8 Å². The first-order valence-electron chi connectivity index (χ1n) is 7.53. The maximum Gasteiger partial charge on any atom is 0.397 e. The number of anilines is 1. The van der Waals surface area contributed by atoms with E-state index in [1.807, 2.05) is 4.90 Å². The summed E-state index contributed by atoms with van der Waals surface area (Å²) in [5.41, 5.74) is -0.0619. The van der Waals surface area contributed by atoms with E-state index < -0.39 is 24.5 Å². The van der Waals surface area contributed by atoms with Gasteiger partial charge < -0.3 is 15.3 Å². The predicted molar refractivity (Wildman–Crippen MR) is 79.8 cm³/mol. The van der Waals surface area contributed by atoms with Gasteiger partial charge in [-0.05, 0) is 30.9 Å². The number of aromatic nitrogens is 1. The first-order valence-corrected chi connectivity index (χ1v) is 7.53. The van der Waals surface area contributed by atoms with Crippen molar-refractivity contribution in [3.63, 3.8) is 0 Å². The Morgan fingerprint density at radius 2 is 2.12 bits per heavy atom. The second-order valence-corrected chi connectivity index (χ2v) is 5.74. The zero-order valence-corrected chi connectivity index (χ0v) is 12.8. The summed E-state index contributed by atoms with van der Waals surface area (Å²) in [6, 6.07) is 4.68. The molecule has 1 amide bonds. The van der Waals surface area contributed by atoms with Crippen LogP contribution in [0.3, 0.4) is 0 Å². The SMILES string of the molecule is O=C(CC(F)(F)F)NCC1CCCN(c2cccc(C(=O)O)n2)C1. The molecule has 1 fully saturated rings. The van der Waals surface area contributed by atoms with E-state index >= 15 is 0 Å². The highest BCUT2D eigenvalue weighted by Crippen LogP contribution is 2.22. The number of carboxylic acids is 1. The fourth-order valence-corrected chi connectivity index (χ4v) is 2.66. The number of halogens is 3. The molecule has 0 radical (unpaired) electrons. The minimum absolute atomic E-state index is 0.00813. The summed E-state index contributed by atoms with van der Waals surface area (Å²) in [6.07, 6.45) is -4.42. The van der Waals surface area contributed by atoms with Crippen LogP contribution in [0.1, 0.15) is 29.8 Å². The Balaban J connectivity index is 1.91. The highest BCUT2D eigenvalue weighted by Gasteiger charge is 2.31. The zero-order chi connectivity index (χ0) is 17.7. The summed E-state index contributed by atoms with van der Waals surface area (Å²) in [5.74, 6) is -1.65. The molecular weight excluding hydrogens is 327 g/mol. The standard InChI is InChI=1S/C15H18F3N3O3/c16-15(17,18)7-13(22)19-8-10-3-2-6-21(9-10)12-5-1-4-11(20-12)14(23)24/h1,4-5,10H,2-3,6-9H2,(H,19,22)(H,23,24). The summed E-state index contributed by atoms with van der Waals surface area (Å²) in [6.45, 7) is 1.34. The maximum atomic E-state index is 12.1. The number of aromatic carboxylic acids is 1. The molecule has 2 N–H and O–H groups in total. The molecular formula is C15H18F3N3O3. The van der Waals surface area contributed by atoms with Crippen molar-refractivity contribution in [1.82, 2.24) is 10.3 Å². The number of piperidine rings is 1. The number of hydrogen-bond acceptors (Lipinski definition) is 4. The summed E-state index contributed by atoms with van der Waals surface area (Å²) < 4.78 is 36.4. The smallest absolute Gasteiger partial charge is 0.397 e. The monoisotopic (exact) mass is 345 g/mol. The highest BCUT2D eigenvalue weighted by atomic mass is 19.4. The number of carbonyl (C=O) groups is 2. The highest BCUT2D eigenvalue weighted by molar-refractivity contribution is 5.85. The Morgan fingerprint density at radius 1 is 1.38 bits per heavy atom. The topological polar surface area (TPSA) is 82.5 Å². The van der Waals surface area contributed by atoms with E-state index in [2.05, 4.69) is 10.3 Å². The van der Waals surface area contributed by atoms with Crippen LogP contribution in [0.5, 0.6) is 0 Å². The number of carboxylic acid groups (broad SMARTS) is 1. The van der Waals surface area contributed by atoms with Gasteiger partial charge in [-0.25, -0.2) is 9.78 Å². The summed E-state index contributed by atoms with van der Waals surface area (Å²) in [5, 5.41) is 11.3. The van der Waals surface area contributed by atoms with Crippen molar-refractivity contribution in [3.8, 4) is 0 Å².